The molecule has 3 rings (SSSR count). The summed E-state index contributed by atoms with van der Waals surface area (Å²) in [6, 6.07) is 11.3. The summed E-state index contributed by atoms with van der Waals surface area (Å²) in [6.45, 7) is 8.18. The summed E-state index contributed by atoms with van der Waals surface area (Å²) in [7, 11) is 1.67. The van der Waals surface area contributed by atoms with Gasteiger partial charge in [-0.2, -0.15) is 5.10 Å². The third-order valence-corrected chi connectivity index (χ3v) is 4.00. The van der Waals surface area contributed by atoms with Gasteiger partial charge in [0.2, 0.25) is 11.8 Å². The number of carbonyl (C=O) groups is 1. The Morgan fingerprint density at radius 2 is 1.93 bits per heavy atom. The Hall–Kier alpha value is -3.16. The Kier molecular flexibility index (Phi) is 4.98. The van der Waals surface area contributed by atoms with E-state index in [1.54, 1.807) is 18.7 Å². The minimum absolute atomic E-state index is 0.146. The molecule has 2 heterocycles. The van der Waals surface area contributed by atoms with E-state index in [0.717, 1.165) is 11.4 Å². The average Bonchev–Trinajstić information content (AvgIpc) is 3.21. The van der Waals surface area contributed by atoms with Crippen LogP contribution in [0.2, 0.25) is 0 Å². The molecule has 0 unspecified atom stereocenters. The Morgan fingerprint density at radius 1 is 1.22 bits per heavy atom. The first kappa shape index (κ1) is 18.6. The third kappa shape index (κ3) is 4.33. The molecule has 0 aliphatic carbocycles. The molecule has 8 heteroatoms. The number of aromatic nitrogens is 4. The smallest absolute Gasteiger partial charge is 0.323 e. The number of anilines is 1. The van der Waals surface area contributed by atoms with Gasteiger partial charge in [-0.15, -0.1) is 10.2 Å². The monoisotopic (exact) mass is 368 g/mol. The molecule has 27 heavy (non-hydrogen) atoms. The normalized spacial score (nSPS) is 11.4. The van der Waals surface area contributed by atoms with Crippen molar-refractivity contribution in [3.05, 3.63) is 53.9 Å². The molecule has 0 aliphatic heterocycles. The highest BCUT2D eigenvalue weighted by Gasteiger charge is 2.22. The van der Waals surface area contributed by atoms with Crippen molar-refractivity contribution in [1.29, 1.82) is 0 Å². The van der Waals surface area contributed by atoms with E-state index in [4.69, 9.17) is 9.52 Å². The molecule has 8 nitrogen and oxygen atoms in total. The Morgan fingerprint density at radius 3 is 2.52 bits per heavy atom. The predicted molar refractivity (Wildman–Crippen MR) is 102 cm³/mol. The van der Waals surface area contributed by atoms with Crippen LogP contribution in [0.15, 0.2) is 40.8 Å². The molecule has 0 radical (unpaired) electrons. The molecule has 3 aromatic rings. The van der Waals surface area contributed by atoms with Gasteiger partial charge in [-0.3, -0.25) is 5.32 Å². The van der Waals surface area contributed by atoms with E-state index in [9.17, 15) is 4.79 Å². The number of para-hydroxylation sites is 1. The first-order valence-corrected chi connectivity index (χ1v) is 8.71. The molecular weight excluding hydrogens is 344 g/mol. The van der Waals surface area contributed by atoms with Crippen molar-refractivity contribution >= 4 is 11.8 Å². The lowest BCUT2D eigenvalue weighted by Crippen LogP contribution is -2.31. The Balaban J connectivity index is 1.84. The highest BCUT2D eigenvalue weighted by Crippen LogP contribution is 2.26. The fourth-order valence-electron chi connectivity index (χ4n) is 2.48. The van der Waals surface area contributed by atoms with Gasteiger partial charge in [0, 0.05) is 25.5 Å². The van der Waals surface area contributed by atoms with Crippen LogP contribution >= 0.6 is 0 Å². The minimum Gasteiger partial charge on any atom is -0.424 e. The lowest BCUT2D eigenvalue weighted by atomic mass is 9.92. The molecule has 0 aliphatic rings. The third-order valence-electron chi connectivity index (χ3n) is 4.00. The van der Waals surface area contributed by atoms with Crippen LogP contribution in [0.3, 0.4) is 0 Å². The largest absolute Gasteiger partial charge is 0.424 e. The van der Waals surface area contributed by atoms with Crippen LogP contribution in [0.4, 0.5) is 10.6 Å². The van der Waals surface area contributed by atoms with Crippen molar-refractivity contribution in [1.82, 2.24) is 24.9 Å². The van der Waals surface area contributed by atoms with Crippen LogP contribution in [-0.2, 0) is 12.0 Å². The fraction of sp³-hybridized carbons (Fsp3) is 0.368. The van der Waals surface area contributed by atoms with E-state index in [2.05, 4.69) is 36.3 Å². The van der Waals surface area contributed by atoms with Crippen molar-refractivity contribution in [2.24, 2.45) is 0 Å². The van der Waals surface area contributed by atoms with E-state index in [-0.39, 0.29) is 18.0 Å². The van der Waals surface area contributed by atoms with E-state index >= 15 is 0 Å². The van der Waals surface area contributed by atoms with Gasteiger partial charge in [-0.05, 0) is 12.1 Å². The number of carbonyl (C=O) groups excluding carboxylic acids is 1. The number of hydrogen-bond acceptors (Lipinski definition) is 5. The first-order chi connectivity index (χ1) is 12.7. The van der Waals surface area contributed by atoms with Crippen molar-refractivity contribution in [2.75, 3.05) is 12.4 Å². The zero-order chi connectivity index (χ0) is 19.6. The maximum Gasteiger partial charge on any atom is 0.323 e. The quantitative estimate of drug-likeness (QED) is 0.761. The van der Waals surface area contributed by atoms with Gasteiger partial charge < -0.3 is 9.32 Å². The molecule has 1 aromatic carbocycles. The summed E-state index contributed by atoms with van der Waals surface area (Å²) < 4.78 is 7.07. The average molecular weight is 368 g/mol. The predicted octanol–water partition coefficient (Wildman–Crippen LogP) is 3.53. The standard InChI is InChI=1S/C19H24N6O2/c1-13-21-22-17(27-13)12-24(5)18(26)20-16-11-15(19(2,3)4)23-25(16)14-9-7-6-8-10-14/h6-11H,12H2,1-5H3,(H,20,26). The van der Waals surface area contributed by atoms with Crippen LogP contribution in [0.5, 0.6) is 0 Å². The molecule has 1 N–H and O–H groups in total. The maximum atomic E-state index is 12.6. The minimum atomic E-state index is -0.289. The fourth-order valence-corrected chi connectivity index (χ4v) is 2.48. The molecule has 0 bridgehead atoms. The Bertz CT molecular complexity index is 923. The zero-order valence-electron chi connectivity index (χ0n) is 16.2. The van der Waals surface area contributed by atoms with Crippen LogP contribution in [0.1, 0.15) is 38.2 Å². The number of aryl methyl sites for hydroxylation is 1. The van der Waals surface area contributed by atoms with E-state index in [1.165, 1.54) is 4.90 Å². The molecule has 0 saturated carbocycles. The van der Waals surface area contributed by atoms with Gasteiger partial charge >= 0.3 is 6.03 Å². The highest BCUT2D eigenvalue weighted by molar-refractivity contribution is 5.88. The highest BCUT2D eigenvalue weighted by atomic mass is 16.4. The zero-order valence-corrected chi connectivity index (χ0v) is 16.2. The maximum absolute atomic E-state index is 12.6. The van der Waals surface area contributed by atoms with Gasteiger partial charge in [-0.25, -0.2) is 9.48 Å². The molecule has 0 atom stereocenters. The van der Waals surface area contributed by atoms with Crippen molar-refractivity contribution < 1.29 is 9.21 Å². The second kappa shape index (κ2) is 7.22. The van der Waals surface area contributed by atoms with Crippen LogP contribution in [0, 0.1) is 6.92 Å². The Labute approximate surface area is 158 Å². The number of nitrogens with zero attached hydrogens (tertiary/aromatic N) is 5. The van der Waals surface area contributed by atoms with E-state index < -0.39 is 0 Å². The topological polar surface area (TPSA) is 89.1 Å². The van der Waals surface area contributed by atoms with Crippen molar-refractivity contribution in [2.45, 2.75) is 39.7 Å². The summed E-state index contributed by atoms with van der Waals surface area (Å²) >= 11 is 0. The lowest BCUT2D eigenvalue weighted by molar-refractivity contribution is 0.215. The number of benzene rings is 1. The molecule has 2 amide bonds. The number of hydrogen-bond donors (Lipinski definition) is 1. The van der Waals surface area contributed by atoms with Gasteiger partial charge in [0.1, 0.15) is 12.4 Å². The number of urea groups is 1. The molecule has 0 fully saturated rings. The summed E-state index contributed by atoms with van der Waals surface area (Å²) in [5.74, 6) is 1.46. The number of nitrogens with one attached hydrogen (secondary N) is 1. The lowest BCUT2D eigenvalue weighted by Gasteiger charge is -2.16. The molecule has 2 aromatic heterocycles. The number of rotatable bonds is 4. The second-order valence-corrected chi connectivity index (χ2v) is 7.41. The van der Waals surface area contributed by atoms with E-state index in [1.807, 2.05) is 36.4 Å². The summed E-state index contributed by atoms with van der Waals surface area (Å²) in [5.41, 5.74) is 1.61. The van der Waals surface area contributed by atoms with Crippen molar-refractivity contribution in [3.8, 4) is 5.69 Å². The van der Waals surface area contributed by atoms with Gasteiger partial charge in [0.05, 0.1) is 11.4 Å². The van der Waals surface area contributed by atoms with Gasteiger partial charge in [0.15, 0.2) is 0 Å². The van der Waals surface area contributed by atoms with E-state index in [0.29, 0.717) is 17.6 Å². The van der Waals surface area contributed by atoms with Gasteiger partial charge in [-0.1, -0.05) is 39.0 Å². The summed E-state index contributed by atoms with van der Waals surface area (Å²) in [5, 5.41) is 15.3. The molecule has 0 spiro atoms. The SMILES string of the molecule is Cc1nnc(CN(C)C(=O)Nc2cc(C(C)(C)C)nn2-c2ccccc2)o1. The molecule has 142 valence electrons. The van der Waals surface area contributed by atoms with Crippen LogP contribution < -0.4 is 5.32 Å². The molecular formula is C19H24N6O2. The van der Waals surface area contributed by atoms with Crippen LogP contribution in [-0.4, -0.2) is 38.0 Å². The number of amides is 2. The van der Waals surface area contributed by atoms with Crippen LogP contribution in [0.25, 0.3) is 5.69 Å². The second-order valence-electron chi connectivity index (χ2n) is 7.41. The summed E-state index contributed by atoms with van der Waals surface area (Å²) in [4.78, 5) is 14.1. The molecule has 0 saturated heterocycles. The summed E-state index contributed by atoms with van der Waals surface area (Å²) in [6.07, 6.45) is 0. The van der Waals surface area contributed by atoms with Gasteiger partial charge in [0.25, 0.3) is 0 Å². The van der Waals surface area contributed by atoms with Crippen molar-refractivity contribution in [3.63, 3.8) is 0 Å². The first-order valence-electron chi connectivity index (χ1n) is 8.71.